The Hall–Kier alpha value is -0.870. The molecule has 0 fully saturated rings. The maximum atomic E-state index is 11.7. The standard InChI is InChI=1S/C13H24N2O2/c1-2-3-8-17-9-4-7-15-13(16)11-5-6-12(14)10-11/h5-6,11-12H,2-4,7-10,14H2,1H3,(H,15,16). The van der Waals surface area contributed by atoms with Crippen molar-refractivity contribution >= 4 is 5.91 Å². The van der Waals surface area contributed by atoms with Gasteiger partial charge in [0.1, 0.15) is 0 Å². The molecule has 0 saturated heterocycles. The summed E-state index contributed by atoms with van der Waals surface area (Å²) < 4.78 is 5.41. The topological polar surface area (TPSA) is 64.3 Å². The fourth-order valence-corrected chi connectivity index (χ4v) is 1.79. The van der Waals surface area contributed by atoms with Crippen molar-refractivity contribution in [3.8, 4) is 0 Å². The van der Waals surface area contributed by atoms with Crippen molar-refractivity contribution in [3.63, 3.8) is 0 Å². The average Bonchev–Trinajstić information content (AvgIpc) is 2.74. The summed E-state index contributed by atoms with van der Waals surface area (Å²) >= 11 is 0. The monoisotopic (exact) mass is 240 g/mol. The van der Waals surface area contributed by atoms with Crippen molar-refractivity contribution in [2.24, 2.45) is 11.7 Å². The number of carbonyl (C=O) groups is 1. The minimum Gasteiger partial charge on any atom is -0.381 e. The lowest BCUT2D eigenvalue weighted by atomic mass is 10.1. The van der Waals surface area contributed by atoms with E-state index in [0.29, 0.717) is 6.54 Å². The van der Waals surface area contributed by atoms with Gasteiger partial charge in [-0.2, -0.15) is 0 Å². The Kier molecular flexibility index (Phi) is 6.89. The Morgan fingerprint density at radius 2 is 2.18 bits per heavy atom. The van der Waals surface area contributed by atoms with Crippen LogP contribution in [0.4, 0.5) is 0 Å². The summed E-state index contributed by atoms with van der Waals surface area (Å²) in [6.45, 7) is 4.37. The molecule has 0 radical (unpaired) electrons. The molecule has 17 heavy (non-hydrogen) atoms. The number of carbonyl (C=O) groups excluding carboxylic acids is 1. The van der Waals surface area contributed by atoms with E-state index < -0.39 is 0 Å². The zero-order valence-electron chi connectivity index (χ0n) is 10.7. The number of nitrogens with one attached hydrogen (secondary N) is 1. The highest BCUT2D eigenvalue weighted by Gasteiger charge is 2.21. The van der Waals surface area contributed by atoms with Gasteiger partial charge in [-0.1, -0.05) is 25.5 Å². The van der Waals surface area contributed by atoms with Gasteiger partial charge < -0.3 is 15.8 Å². The molecule has 1 aliphatic rings. The van der Waals surface area contributed by atoms with E-state index in [1.165, 1.54) is 0 Å². The number of nitrogens with two attached hydrogens (primary N) is 1. The van der Waals surface area contributed by atoms with Gasteiger partial charge >= 0.3 is 0 Å². The number of amides is 1. The lowest BCUT2D eigenvalue weighted by Gasteiger charge is -2.10. The number of ether oxygens (including phenoxy) is 1. The van der Waals surface area contributed by atoms with E-state index >= 15 is 0 Å². The molecular formula is C13H24N2O2. The molecule has 2 atom stereocenters. The van der Waals surface area contributed by atoms with Crippen molar-refractivity contribution in [2.75, 3.05) is 19.8 Å². The fourth-order valence-electron chi connectivity index (χ4n) is 1.79. The molecule has 0 spiro atoms. The van der Waals surface area contributed by atoms with Gasteiger partial charge in [0.25, 0.3) is 0 Å². The van der Waals surface area contributed by atoms with Crippen LogP contribution in [0.5, 0.6) is 0 Å². The van der Waals surface area contributed by atoms with Gasteiger partial charge in [-0.25, -0.2) is 0 Å². The van der Waals surface area contributed by atoms with Crippen LogP contribution in [0.15, 0.2) is 12.2 Å². The third-order valence-corrected chi connectivity index (χ3v) is 2.86. The second-order valence-corrected chi connectivity index (χ2v) is 4.50. The highest BCUT2D eigenvalue weighted by atomic mass is 16.5. The molecule has 1 rings (SSSR count). The van der Waals surface area contributed by atoms with Gasteiger partial charge in [0.15, 0.2) is 0 Å². The Balaban J connectivity index is 1.96. The molecule has 1 aliphatic carbocycles. The van der Waals surface area contributed by atoms with Crippen molar-refractivity contribution in [3.05, 3.63) is 12.2 Å². The summed E-state index contributed by atoms with van der Waals surface area (Å²) in [5.74, 6) is 0.0498. The molecule has 0 saturated carbocycles. The molecule has 0 heterocycles. The Morgan fingerprint density at radius 1 is 1.41 bits per heavy atom. The first-order chi connectivity index (χ1) is 8.24. The van der Waals surface area contributed by atoms with E-state index in [0.717, 1.165) is 38.9 Å². The highest BCUT2D eigenvalue weighted by molar-refractivity contribution is 5.81. The van der Waals surface area contributed by atoms with Crippen molar-refractivity contribution in [1.82, 2.24) is 5.32 Å². The summed E-state index contributed by atoms with van der Waals surface area (Å²) in [4.78, 5) is 11.7. The number of hydrogen-bond donors (Lipinski definition) is 2. The predicted octanol–water partition coefficient (Wildman–Crippen LogP) is 1.21. The van der Waals surface area contributed by atoms with E-state index in [1.807, 2.05) is 12.2 Å². The zero-order valence-corrected chi connectivity index (χ0v) is 10.7. The van der Waals surface area contributed by atoms with Crippen LogP contribution in [0.2, 0.25) is 0 Å². The summed E-state index contributed by atoms with van der Waals surface area (Å²) in [6.07, 6.45) is 7.68. The lowest BCUT2D eigenvalue weighted by Crippen LogP contribution is -2.31. The first-order valence-corrected chi connectivity index (χ1v) is 6.53. The van der Waals surface area contributed by atoms with Crippen LogP contribution in [-0.4, -0.2) is 31.7 Å². The van der Waals surface area contributed by atoms with Gasteiger partial charge in [0.2, 0.25) is 5.91 Å². The fraction of sp³-hybridized carbons (Fsp3) is 0.769. The minimum absolute atomic E-state index is 0.0361. The third-order valence-electron chi connectivity index (χ3n) is 2.86. The Morgan fingerprint density at radius 3 is 2.82 bits per heavy atom. The van der Waals surface area contributed by atoms with Crippen LogP contribution in [0.3, 0.4) is 0 Å². The maximum Gasteiger partial charge on any atom is 0.226 e. The normalized spacial score (nSPS) is 22.9. The quantitative estimate of drug-likeness (QED) is 0.495. The second kappa shape index (κ2) is 8.25. The molecule has 0 bridgehead atoms. The molecule has 4 nitrogen and oxygen atoms in total. The first-order valence-electron chi connectivity index (χ1n) is 6.53. The van der Waals surface area contributed by atoms with E-state index in [9.17, 15) is 4.79 Å². The van der Waals surface area contributed by atoms with Gasteiger partial charge in [0, 0.05) is 25.8 Å². The molecule has 4 heteroatoms. The SMILES string of the molecule is CCCCOCCCNC(=O)C1C=CC(N)C1. The summed E-state index contributed by atoms with van der Waals surface area (Å²) in [6, 6.07) is 0.0446. The molecule has 98 valence electrons. The minimum atomic E-state index is -0.0361. The van der Waals surface area contributed by atoms with Crippen molar-refractivity contribution in [1.29, 1.82) is 0 Å². The molecule has 0 aliphatic heterocycles. The van der Waals surface area contributed by atoms with Crippen LogP contribution in [0.1, 0.15) is 32.6 Å². The van der Waals surface area contributed by atoms with Gasteiger partial charge in [-0.15, -0.1) is 0 Å². The van der Waals surface area contributed by atoms with Gasteiger partial charge in [-0.05, 0) is 19.3 Å². The molecular weight excluding hydrogens is 216 g/mol. The van der Waals surface area contributed by atoms with Gasteiger partial charge in [0.05, 0.1) is 5.92 Å². The molecule has 0 aromatic rings. The van der Waals surface area contributed by atoms with Crippen LogP contribution >= 0.6 is 0 Å². The third kappa shape index (κ3) is 5.84. The van der Waals surface area contributed by atoms with Gasteiger partial charge in [-0.3, -0.25) is 4.79 Å². The predicted molar refractivity (Wildman–Crippen MR) is 68.6 cm³/mol. The smallest absolute Gasteiger partial charge is 0.226 e. The van der Waals surface area contributed by atoms with E-state index in [2.05, 4.69) is 12.2 Å². The Bertz CT molecular complexity index is 254. The number of unbranched alkanes of at least 4 members (excludes halogenated alkanes) is 1. The van der Waals surface area contributed by atoms with Crippen LogP contribution in [0, 0.1) is 5.92 Å². The van der Waals surface area contributed by atoms with Crippen LogP contribution in [0.25, 0.3) is 0 Å². The number of rotatable bonds is 8. The van der Waals surface area contributed by atoms with Crippen LogP contribution in [-0.2, 0) is 9.53 Å². The molecule has 0 aromatic carbocycles. The van der Waals surface area contributed by atoms with E-state index in [4.69, 9.17) is 10.5 Å². The summed E-state index contributed by atoms with van der Waals surface area (Å²) in [5, 5.41) is 2.91. The highest BCUT2D eigenvalue weighted by Crippen LogP contribution is 2.15. The Labute approximate surface area is 104 Å². The maximum absolute atomic E-state index is 11.7. The summed E-state index contributed by atoms with van der Waals surface area (Å²) in [7, 11) is 0. The van der Waals surface area contributed by atoms with Crippen molar-refractivity contribution < 1.29 is 9.53 Å². The molecule has 2 unspecified atom stereocenters. The molecule has 3 N–H and O–H groups in total. The van der Waals surface area contributed by atoms with Crippen LogP contribution < -0.4 is 11.1 Å². The largest absolute Gasteiger partial charge is 0.381 e. The molecule has 0 aromatic heterocycles. The number of hydrogen-bond acceptors (Lipinski definition) is 3. The second-order valence-electron chi connectivity index (χ2n) is 4.50. The zero-order chi connectivity index (χ0) is 12.5. The summed E-state index contributed by atoms with van der Waals surface area (Å²) in [5.41, 5.74) is 5.70. The van der Waals surface area contributed by atoms with Crippen molar-refractivity contribution in [2.45, 2.75) is 38.6 Å². The average molecular weight is 240 g/mol. The molecule has 1 amide bonds. The van der Waals surface area contributed by atoms with E-state index in [1.54, 1.807) is 0 Å². The lowest BCUT2D eigenvalue weighted by molar-refractivity contribution is -0.123. The first kappa shape index (κ1) is 14.2. The van der Waals surface area contributed by atoms with E-state index in [-0.39, 0.29) is 17.9 Å².